The molecule has 0 aromatic heterocycles. The molecular weight excluding hydrogens is 170 g/mol. The Morgan fingerprint density at radius 2 is 2.38 bits per heavy atom. The van der Waals surface area contributed by atoms with Gasteiger partial charge in [-0.1, -0.05) is 0 Å². The highest BCUT2D eigenvalue weighted by molar-refractivity contribution is 5.70. The van der Waals surface area contributed by atoms with Crippen LogP contribution < -0.4 is 5.73 Å². The minimum absolute atomic E-state index is 0.154. The maximum absolute atomic E-state index is 10.9. The van der Waals surface area contributed by atoms with E-state index < -0.39 is 11.9 Å². The third-order valence-electron chi connectivity index (χ3n) is 3.24. The number of hydrogen-bond donors (Lipinski definition) is 2. The topological polar surface area (TPSA) is 72.6 Å². The van der Waals surface area contributed by atoms with Gasteiger partial charge in [0.25, 0.3) is 0 Å². The van der Waals surface area contributed by atoms with Crippen molar-refractivity contribution in [3.05, 3.63) is 0 Å². The molecule has 2 heterocycles. The van der Waals surface area contributed by atoms with Crippen LogP contribution in [-0.2, 0) is 9.53 Å². The molecule has 74 valence electrons. The summed E-state index contributed by atoms with van der Waals surface area (Å²) in [7, 11) is 0. The van der Waals surface area contributed by atoms with E-state index in [1.54, 1.807) is 0 Å². The van der Waals surface area contributed by atoms with Crippen molar-refractivity contribution in [2.45, 2.75) is 31.5 Å². The lowest BCUT2D eigenvalue weighted by molar-refractivity contribution is -0.144. The summed E-state index contributed by atoms with van der Waals surface area (Å²) in [6, 6.07) is 0. The average Bonchev–Trinajstić information content (AvgIpc) is 2.65. The molecule has 0 aromatic carbocycles. The summed E-state index contributed by atoms with van der Waals surface area (Å²) >= 11 is 0. The van der Waals surface area contributed by atoms with Crippen LogP contribution in [0.1, 0.15) is 19.3 Å². The molecule has 3 N–H and O–H groups in total. The van der Waals surface area contributed by atoms with Crippen molar-refractivity contribution in [2.75, 3.05) is 6.54 Å². The van der Waals surface area contributed by atoms with Crippen molar-refractivity contribution < 1.29 is 14.6 Å². The van der Waals surface area contributed by atoms with Crippen LogP contribution >= 0.6 is 0 Å². The maximum atomic E-state index is 10.9. The number of carboxylic acids is 1. The lowest BCUT2D eigenvalue weighted by Gasteiger charge is -2.23. The molecule has 13 heavy (non-hydrogen) atoms. The summed E-state index contributed by atoms with van der Waals surface area (Å²) in [5.41, 5.74) is 5.45. The van der Waals surface area contributed by atoms with Crippen molar-refractivity contribution in [3.8, 4) is 0 Å². The smallest absolute Gasteiger partial charge is 0.308 e. The second-order valence-corrected chi connectivity index (χ2v) is 3.95. The molecule has 0 aromatic rings. The highest BCUT2D eigenvalue weighted by Gasteiger charge is 2.45. The predicted molar refractivity (Wildman–Crippen MR) is 46.2 cm³/mol. The Kier molecular flexibility index (Phi) is 2.26. The molecule has 2 aliphatic rings. The largest absolute Gasteiger partial charge is 0.481 e. The van der Waals surface area contributed by atoms with E-state index in [-0.39, 0.29) is 18.6 Å². The molecule has 2 fully saturated rings. The molecule has 4 heteroatoms. The molecule has 4 atom stereocenters. The minimum Gasteiger partial charge on any atom is -0.481 e. The number of fused-ring (bicyclic) bond motifs is 2. The monoisotopic (exact) mass is 185 g/mol. The predicted octanol–water partition coefficient (Wildman–Crippen LogP) is 0.213. The SMILES string of the molecule is NCC(C(=O)O)C1CC2CCC1O2. The quantitative estimate of drug-likeness (QED) is 0.659. The van der Waals surface area contributed by atoms with Crippen LogP contribution in [-0.4, -0.2) is 29.8 Å². The van der Waals surface area contributed by atoms with Gasteiger partial charge in [-0.15, -0.1) is 0 Å². The third-order valence-corrected chi connectivity index (χ3v) is 3.24. The molecule has 0 radical (unpaired) electrons. The number of nitrogens with two attached hydrogens (primary N) is 1. The second kappa shape index (κ2) is 3.27. The van der Waals surface area contributed by atoms with Gasteiger partial charge in [0.1, 0.15) is 0 Å². The highest BCUT2D eigenvalue weighted by atomic mass is 16.5. The van der Waals surface area contributed by atoms with Gasteiger partial charge in [0, 0.05) is 12.5 Å². The van der Waals surface area contributed by atoms with Crippen LogP contribution in [0, 0.1) is 11.8 Å². The van der Waals surface area contributed by atoms with Gasteiger partial charge >= 0.3 is 5.97 Å². The van der Waals surface area contributed by atoms with Gasteiger partial charge in [-0.3, -0.25) is 4.79 Å². The fraction of sp³-hybridized carbons (Fsp3) is 0.889. The molecule has 4 unspecified atom stereocenters. The third kappa shape index (κ3) is 1.44. The van der Waals surface area contributed by atoms with Crippen LogP contribution in [0.3, 0.4) is 0 Å². The Morgan fingerprint density at radius 3 is 2.77 bits per heavy atom. The summed E-state index contributed by atoms with van der Waals surface area (Å²) in [6.45, 7) is 0.229. The van der Waals surface area contributed by atoms with Gasteiger partial charge < -0.3 is 15.6 Å². The van der Waals surface area contributed by atoms with E-state index in [2.05, 4.69) is 0 Å². The molecule has 0 aliphatic carbocycles. The number of carboxylic acid groups (broad SMARTS) is 1. The van der Waals surface area contributed by atoms with E-state index in [1.807, 2.05) is 0 Å². The first kappa shape index (κ1) is 8.97. The number of carbonyl (C=O) groups is 1. The van der Waals surface area contributed by atoms with E-state index in [0.29, 0.717) is 6.10 Å². The number of ether oxygens (including phenoxy) is 1. The van der Waals surface area contributed by atoms with Crippen molar-refractivity contribution in [1.29, 1.82) is 0 Å². The van der Waals surface area contributed by atoms with Crippen molar-refractivity contribution in [3.63, 3.8) is 0 Å². The molecule has 0 amide bonds. The zero-order chi connectivity index (χ0) is 9.42. The van der Waals surface area contributed by atoms with Crippen LogP contribution in [0.2, 0.25) is 0 Å². The first-order valence-corrected chi connectivity index (χ1v) is 4.80. The van der Waals surface area contributed by atoms with Gasteiger partial charge in [-0.05, 0) is 19.3 Å². The van der Waals surface area contributed by atoms with E-state index in [0.717, 1.165) is 19.3 Å². The van der Waals surface area contributed by atoms with Crippen molar-refractivity contribution in [2.24, 2.45) is 17.6 Å². The lowest BCUT2D eigenvalue weighted by atomic mass is 9.80. The van der Waals surface area contributed by atoms with Crippen LogP contribution in [0.5, 0.6) is 0 Å². The fourth-order valence-electron chi connectivity index (χ4n) is 2.56. The zero-order valence-corrected chi connectivity index (χ0v) is 7.48. The lowest BCUT2D eigenvalue weighted by Crippen LogP contribution is -2.35. The van der Waals surface area contributed by atoms with E-state index in [9.17, 15) is 4.79 Å². The molecular formula is C9H15NO3. The number of aliphatic carboxylic acids is 1. The normalized spacial score (nSPS) is 39.3. The minimum atomic E-state index is -0.774. The molecule has 2 saturated heterocycles. The molecule has 0 saturated carbocycles. The summed E-state index contributed by atoms with van der Waals surface area (Å²) in [5, 5.41) is 8.93. The molecule has 2 rings (SSSR count). The average molecular weight is 185 g/mol. The van der Waals surface area contributed by atoms with Crippen LogP contribution in [0.4, 0.5) is 0 Å². The summed E-state index contributed by atoms with van der Waals surface area (Å²) < 4.78 is 5.60. The van der Waals surface area contributed by atoms with Crippen LogP contribution in [0.15, 0.2) is 0 Å². The van der Waals surface area contributed by atoms with Gasteiger partial charge in [-0.25, -0.2) is 0 Å². The number of rotatable bonds is 3. The zero-order valence-electron chi connectivity index (χ0n) is 7.48. The fourth-order valence-corrected chi connectivity index (χ4v) is 2.56. The summed E-state index contributed by atoms with van der Waals surface area (Å²) in [6.07, 6.45) is 3.47. The van der Waals surface area contributed by atoms with Gasteiger partial charge in [0.05, 0.1) is 18.1 Å². The Morgan fingerprint density at radius 1 is 1.62 bits per heavy atom. The first-order chi connectivity index (χ1) is 6.22. The van der Waals surface area contributed by atoms with Crippen molar-refractivity contribution in [1.82, 2.24) is 0 Å². The standard InChI is InChI=1S/C9H15NO3/c10-4-7(9(11)12)6-3-5-1-2-8(6)13-5/h5-8H,1-4,10H2,(H,11,12). The maximum Gasteiger partial charge on any atom is 0.308 e. The summed E-state index contributed by atoms with van der Waals surface area (Å²) in [4.78, 5) is 10.9. The Bertz CT molecular complexity index is 219. The molecule has 4 nitrogen and oxygen atoms in total. The van der Waals surface area contributed by atoms with E-state index in [1.165, 1.54) is 0 Å². The van der Waals surface area contributed by atoms with E-state index >= 15 is 0 Å². The Balaban J connectivity index is 2.04. The molecule has 2 aliphatic heterocycles. The van der Waals surface area contributed by atoms with E-state index in [4.69, 9.17) is 15.6 Å². The van der Waals surface area contributed by atoms with Gasteiger partial charge in [0.15, 0.2) is 0 Å². The second-order valence-electron chi connectivity index (χ2n) is 3.95. The highest BCUT2D eigenvalue weighted by Crippen LogP contribution is 2.42. The van der Waals surface area contributed by atoms with Gasteiger partial charge in [-0.2, -0.15) is 0 Å². The van der Waals surface area contributed by atoms with Gasteiger partial charge in [0.2, 0.25) is 0 Å². The number of hydrogen-bond acceptors (Lipinski definition) is 3. The Hall–Kier alpha value is -0.610. The first-order valence-electron chi connectivity index (χ1n) is 4.80. The van der Waals surface area contributed by atoms with Crippen LogP contribution in [0.25, 0.3) is 0 Å². The molecule has 0 spiro atoms. The molecule has 2 bridgehead atoms. The Labute approximate surface area is 77.1 Å². The van der Waals surface area contributed by atoms with Crippen molar-refractivity contribution >= 4 is 5.97 Å². The summed E-state index contributed by atoms with van der Waals surface area (Å²) in [5.74, 6) is -1.03.